The van der Waals surface area contributed by atoms with Crippen LogP contribution < -0.4 is 5.32 Å². The van der Waals surface area contributed by atoms with Gasteiger partial charge in [0.2, 0.25) is 0 Å². The Morgan fingerprint density at radius 1 is 1.80 bits per heavy atom. The average Bonchev–Trinajstić information content (AvgIpc) is 2.60. The number of hydrogen-bond donors (Lipinski definition) is 2. The molecule has 0 fully saturated rings. The van der Waals surface area contributed by atoms with Gasteiger partial charge in [0, 0.05) is 6.04 Å². The fourth-order valence-corrected chi connectivity index (χ4v) is 2.03. The summed E-state index contributed by atoms with van der Waals surface area (Å²) >= 11 is 6.90. The molecule has 2 N–H and O–H groups in total. The van der Waals surface area contributed by atoms with Gasteiger partial charge in [-0.3, -0.25) is 10.1 Å². The van der Waals surface area contributed by atoms with Crippen LogP contribution in [0.2, 0.25) is 4.34 Å². The second kappa shape index (κ2) is 5.44. The standard InChI is InChI=1S/C9H13ClN2O2S/c1-3-5(2)12-7(9(13)14)8-11-4-6(10)15-8/h4-5,7,12H,3H2,1-2H3,(H,13,14). The summed E-state index contributed by atoms with van der Waals surface area (Å²) < 4.78 is 0.502. The zero-order valence-electron chi connectivity index (χ0n) is 8.53. The first kappa shape index (κ1) is 12.4. The lowest BCUT2D eigenvalue weighted by Crippen LogP contribution is -2.34. The maximum Gasteiger partial charge on any atom is 0.327 e. The summed E-state index contributed by atoms with van der Waals surface area (Å²) in [6, 6.07) is -0.633. The first-order valence-electron chi connectivity index (χ1n) is 4.64. The van der Waals surface area contributed by atoms with E-state index in [0.717, 1.165) is 6.42 Å². The van der Waals surface area contributed by atoms with E-state index in [2.05, 4.69) is 10.3 Å². The lowest BCUT2D eigenvalue weighted by molar-refractivity contribution is -0.139. The van der Waals surface area contributed by atoms with Crippen molar-refractivity contribution in [2.75, 3.05) is 0 Å². The molecule has 0 radical (unpaired) electrons. The van der Waals surface area contributed by atoms with Crippen molar-refractivity contribution >= 4 is 28.9 Å². The molecule has 1 aromatic rings. The fraction of sp³-hybridized carbons (Fsp3) is 0.556. The second-order valence-electron chi connectivity index (χ2n) is 3.25. The largest absolute Gasteiger partial charge is 0.480 e. The number of rotatable bonds is 5. The minimum atomic E-state index is -0.929. The van der Waals surface area contributed by atoms with Crippen molar-refractivity contribution < 1.29 is 9.90 Å². The topological polar surface area (TPSA) is 62.2 Å². The van der Waals surface area contributed by atoms with E-state index in [4.69, 9.17) is 16.7 Å². The van der Waals surface area contributed by atoms with Crippen LogP contribution in [0.4, 0.5) is 0 Å². The average molecular weight is 249 g/mol. The van der Waals surface area contributed by atoms with Gasteiger partial charge in [0.05, 0.1) is 6.20 Å². The molecule has 0 aromatic carbocycles. The normalized spacial score (nSPS) is 14.9. The van der Waals surface area contributed by atoms with Gasteiger partial charge >= 0.3 is 5.97 Å². The highest BCUT2D eigenvalue weighted by Crippen LogP contribution is 2.24. The number of carboxylic acids is 1. The number of aromatic nitrogens is 1. The zero-order chi connectivity index (χ0) is 11.4. The van der Waals surface area contributed by atoms with Crippen molar-refractivity contribution in [2.45, 2.75) is 32.4 Å². The molecule has 0 bridgehead atoms. The Morgan fingerprint density at radius 2 is 2.47 bits per heavy atom. The van der Waals surface area contributed by atoms with Gasteiger partial charge in [-0.15, -0.1) is 11.3 Å². The van der Waals surface area contributed by atoms with Gasteiger partial charge in [-0.25, -0.2) is 4.98 Å². The number of nitrogens with zero attached hydrogens (tertiary/aromatic N) is 1. The van der Waals surface area contributed by atoms with Gasteiger partial charge in [0.25, 0.3) is 0 Å². The number of nitrogens with one attached hydrogen (secondary N) is 1. The summed E-state index contributed by atoms with van der Waals surface area (Å²) in [5.41, 5.74) is 0. The van der Waals surface area contributed by atoms with E-state index >= 15 is 0 Å². The van der Waals surface area contributed by atoms with E-state index in [0.29, 0.717) is 9.34 Å². The Labute approximate surface area is 97.3 Å². The highest BCUT2D eigenvalue weighted by molar-refractivity contribution is 7.16. The number of carboxylic acid groups (broad SMARTS) is 1. The van der Waals surface area contributed by atoms with E-state index < -0.39 is 12.0 Å². The van der Waals surface area contributed by atoms with Crippen molar-refractivity contribution in [3.05, 3.63) is 15.5 Å². The molecule has 15 heavy (non-hydrogen) atoms. The monoisotopic (exact) mass is 248 g/mol. The molecule has 1 aromatic heterocycles. The molecule has 84 valence electrons. The minimum absolute atomic E-state index is 0.133. The Kier molecular flexibility index (Phi) is 4.50. The molecular formula is C9H13ClN2O2S. The van der Waals surface area contributed by atoms with Crippen molar-refractivity contribution in [2.24, 2.45) is 0 Å². The predicted octanol–water partition coefficient (Wildman–Crippen LogP) is 2.31. The third-order valence-corrected chi connectivity index (χ3v) is 3.23. The maximum atomic E-state index is 11.0. The predicted molar refractivity (Wildman–Crippen MR) is 60.4 cm³/mol. The van der Waals surface area contributed by atoms with Crippen LogP contribution >= 0.6 is 22.9 Å². The molecule has 1 rings (SSSR count). The van der Waals surface area contributed by atoms with Crippen LogP contribution in [0.3, 0.4) is 0 Å². The maximum absolute atomic E-state index is 11.0. The van der Waals surface area contributed by atoms with Gasteiger partial charge in [0.1, 0.15) is 9.34 Å². The summed E-state index contributed by atoms with van der Waals surface area (Å²) in [4.78, 5) is 15.0. The molecular weight excluding hydrogens is 236 g/mol. The molecule has 1 heterocycles. The molecule has 0 saturated heterocycles. The summed E-state index contributed by atoms with van der Waals surface area (Å²) in [7, 11) is 0. The second-order valence-corrected chi connectivity index (χ2v) is 4.94. The van der Waals surface area contributed by atoms with E-state index in [-0.39, 0.29) is 6.04 Å². The van der Waals surface area contributed by atoms with Crippen molar-refractivity contribution in [3.63, 3.8) is 0 Å². The molecule has 0 aliphatic heterocycles. The number of carbonyl (C=O) groups is 1. The minimum Gasteiger partial charge on any atom is -0.480 e. The summed E-state index contributed by atoms with van der Waals surface area (Å²) in [6.45, 7) is 3.93. The van der Waals surface area contributed by atoms with Crippen LogP contribution in [-0.2, 0) is 4.79 Å². The summed E-state index contributed by atoms with van der Waals surface area (Å²) in [6.07, 6.45) is 2.33. The van der Waals surface area contributed by atoms with Crippen molar-refractivity contribution in [1.82, 2.24) is 10.3 Å². The molecule has 4 nitrogen and oxygen atoms in total. The highest BCUT2D eigenvalue weighted by Gasteiger charge is 2.24. The van der Waals surface area contributed by atoms with E-state index in [1.165, 1.54) is 17.5 Å². The van der Waals surface area contributed by atoms with Gasteiger partial charge in [-0.05, 0) is 13.3 Å². The first-order valence-corrected chi connectivity index (χ1v) is 5.84. The molecule has 0 amide bonds. The molecule has 0 aliphatic rings. The van der Waals surface area contributed by atoms with E-state index in [1.807, 2.05) is 13.8 Å². The summed E-state index contributed by atoms with van der Waals surface area (Å²) in [5, 5.41) is 12.5. The van der Waals surface area contributed by atoms with Crippen LogP contribution in [0.15, 0.2) is 6.20 Å². The van der Waals surface area contributed by atoms with Gasteiger partial charge in [-0.1, -0.05) is 18.5 Å². The van der Waals surface area contributed by atoms with Gasteiger partial charge in [-0.2, -0.15) is 0 Å². The first-order chi connectivity index (χ1) is 7.04. The molecule has 0 spiro atoms. The van der Waals surface area contributed by atoms with E-state index in [1.54, 1.807) is 0 Å². The number of halogens is 1. The van der Waals surface area contributed by atoms with Crippen LogP contribution in [0.1, 0.15) is 31.3 Å². The van der Waals surface area contributed by atoms with Crippen LogP contribution in [0, 0.1) is 0 Å². The Morgan fingerprint density at radius 3 is 2.87 bits per heavy atom. The fourth-order valence-electron chi connectivity index (χ4n) is 1.05. The number of thiazole rings is 1. The van der Waals surface area contributed by atoms with Gasteiger partial charge < -0.3 is 5.11 Å². The lowest BCUT2D eigenvalue weighted by atomic mass is 10.2. The van der Waals surface area contributed by atoms with E-state index in [9.17, 15) is 4.79 Å². The summed E-state index contributed by atoms with van der Waals surface area (Å²) in [5.74, 6) is -0.929. The number of aliphatic carboxylic acids is 1. The number of hydrogen-bond acceptors (Lipinski definition) is 4. The third-order valence-electron chi connectivity index (χ3n) is 2.05. The van der Waals surface area contributed by atoms with Crippen molar-refractivity contribution in [1.29, 1.82) is 0 Å². The van der Waals surface area contributed by atoms with Gasteiger partial charge in [0.15, 0.2) is 6.04 Å². The van der Waals surface area contributed by atoms with Crippen LogP contribution in [-0.4, -0.2) is 22.1 Å². The zero-order valence-corrected chi connectivity index (χ0v) is 10.1. The molecule has 0 aliphatic carbocycles. The Bertz CT molecular complexity index is 343. The lowest BCUT2D eigenvalue weighted by Gasteiger charge is -2.16. The Balaban J connectivity index is 2.79. The molecule has 0 saturated carbocycles. The molecule has 2 unspecified atom stereocenters. The molecule has 2 atom stereocenters. The highest BCUT2D eigenvalue weighted by atomic mass is 35.5. The Hall–Kier alpha value is -0.650. The van der Waals surface area contributed by atoms with Crippen molar-refractivity contribution in [3.8, 4) is 0 Å². The third kappa shape index (κ3) is 3.44. The SMILES string of the molecule is CCC(C)NC(C(=O)O)c1ncc(Cl)s1. The van der Waals surface area contributed by atoms with Crippen LogP contribution in [0.25, 0.3) is 0 Å². The van der Waals surface area contributed by atoms with Crippen LogP contribution in [0.5, 0.6) is 0 Å². The smallest absolute Gasteiger partial charge is 0.327 e. The quantitative estimate of drug-likeness (QED) is 0.840. The molecule has 6 heteroatoms.